The minimum absolute atomic E-state index is 0.0114. The van der Waals surface area contributed by atoms with Gasteiger partial charge < -0.3 is 20.1 Å². The lowest BCUT2D eigenvalue weighted by atomic mass is 9.87. The van der Waals surface area contributed by atoms with E-state index < -0.39 is 33.9 Å². The van der Waals surface area contributed by atoms with Gasteiger partial charge in [-0.15, -0.1) is 0 Å². The Morgan fingerprint density at radius 2 is 1.88 bits per heavy atom. The molecule has 2 aliphatic rings. The van der Waals surface area contributed by atoms with Crippen molar-refractivity contribution in [1.29, 1.82) is 0 Å². The average Bonchev–Trinajstić information content (AvgIpc) is 3.32. The van der Waals surface area contributed by atoms with Gasteiger partial charge in [0.15, 0.2) is 0 Å². The summed E-state index contributed by atoms with van der Waals surface area (Å²) in [5.74, 6) is -0.320. The van der Waals surface area contributed by atoms with Crippen LogP contribution < -0.4 is 20.1 Å². The molecule has 2 aromatic carbocycles. The number of nitrogens with zero attached hydrogens (tertiary/aromatic N) is 3. The fourth-order valence-electron chi connectivity index (χ4n) is 5.70. The third-order valence-electron chi connectivity index (χ3n) is 8.17. The maximum absolute atomic E-state index is 15.2. The number of aromatic nitrogens is 2. The van der Waals surface area contributed by atoms with Crippen LogP contribution >= 0.6 is 11.6 Å². The molecular weight excluding hydrogens is 597 g/mol. The molecule has 230 valence electrons. The molecule has 1 heterocycles. The number of hydrogen-bond acceptors (Lipinski definition) is 8. The van der Waals surface area contributed by atoms with Crippen LogP contribution in [0.4, 0.5) is 16.0 Å². The van der Waals surface area contributed by atoms with Crippen LogP contribution in [0.25, 0.3) is 0 Å². The smallest absolute Gasteiger partial charge is 0.254 e. The second-order valence-electron chi connectivity index (χ2n) is 11.2. The molecule has 2 aliphatic carbocycles. The van der Waals surface area contributed by atoms with Crippen molar-refractivity contribution in [2.24, 2.45) is 5.92 Å². The van der Waals surface area contributed by atoms with Crippen molar-refractivity contribution in [3.8, 4) is 11.6 Å². The lowest BCUT2D eigenvalue weighted by molar-refractivity contribution is 0.0918. The topological polar surface area (TPSA) is 123 Å². The number of methoxy groups -OCH3 is 1. The van der Waals surface area contributed by atoms with Gasteiger partial charge in [-0.2, -0.15) is 9.29 Å². The molecule has 5 rings (SSSR count). The highest BCUT2D eigenvalue weighted by atomic mass is 35.5. The zero-order chi connectivity index (χ0) is 30.9. The number of amides is 1. The van der Waals surface area contributed by atoms with Crippen molar-refractivity contribution < 1.29 is 27.1 Å². The second kappa shape index (κ2) is 12.6. The molecule has 0 unspecified atom stereocenters. The number of likely N-dealkylation sites (N-methyl/N-ethyl adjacent to an activating group) is 1. The molecule has 0 radical (unpaired) electrons. The summed E-state index contributed by atoms with van der Waals surface area (Å²) in [6, 6.07) is 9.44. The number of anilines is 2. The Hall–Kier alpha value is -3.48. The van der Waals surface area contributed by atoms with E-state index in [-0.39, 0.29) is 39.9 Å². The summed E-state index contributed by atoms with van der Waals surface area (Å²) >= 11 is 6.39. The van der Waals surface area contributed by atoms with Gasteiger partial charge in [0.25, 0.3) is 5.91 Å². The average molecular weight is 632 g/mol. The summed E-state index contributed by atoms with van der Waals surface area (Å²) in [4.78, 5) is 21.5. The Balaban J connectivity index is 1.36. The summed E-state index contributed by atoms with van der Waals surface area (Å²) in [5, 5.41) is 5.98. The molecule has 10 nitrogen and oxygen atoms in total. The highest BCUT2D eigenvalue weighted by molar-refractivity contribution is 7.88. The summed E-state index contributed by atoms with van der Waals surface area (Å²) in [7, 11) is -0.628. The largest absolute Gasteiger partial charge is 0.495 e. The second-order valence-corrected chi connectivity index (χ2v) is 13.7. The highest BCUT2D eigenvalue weighted by Crippen LogP contribution is 2.40. The highest BCUT2D eigenvalue weighted by Gasteiger charge is 2.40. The molecule has 43 heavy (non-hydrogen) atoms. The van der Waals surface area contributed by atoms with Gasteiger partial charge in [-0.25, -0.2) is 17.8 Å². The van der Waals surface area contributed by atoms with Crippen LogP contribution in [-0.2, 0) is 16.4 Å². The normalized spacial score (nSPS) is 21.7. The van der Waals surface area contributed by atoms with Crippen molar-refractivity contribution >= 4 is 39.2 Å². The first-order chi connectivity index (χ1) is 20.4. The molecule has 1 saturated carbocycles. The van der Waals surface area contributed by atoms with E-state index in [1.807, 2.05) is 24.3 Å². The molecule has 1 aromatic heterocycles. The summed E-state index contributed by atoms with van der Waals surface area (Å²) < 4.78 is 53.1. The van der Waals surface area contributed by atoms with Crippen LogP contribution in [0.1, 0.15) is 60.1 Å². The standard InChI is InChI=1S/C30H35ClFN5O5S/c1-17-9-11-19(12-10-17)34-28(38)21-14-25(41-3)24(15-23(21)32)35-30-33-16-22(31)29(36-30)42-26-13-18-7-5-6-8-20(18)27(26)37(2)43(4,39)40/h5-8,14-17,19,26-27H,9-13H2,1-4H3,(H,34,38)(H,33,35,36)/t17?,19?,26-,27-/m1/s1. The van der Waals surface area contributed by atoms with Crippen molar-refractivity contribution in [2.45, 2.75) is 57.2 Å². The number of sulfonamides is 1. The molecule has 0 aliphatic heterocycles. The zero-order valence-electron chi connectivity index (χ0n) is 24.4. The molecule has 3 aromatic rings. The van der Waals surface area contributed by atoms with E-state index in [1.54, 1.807) is 0 Å². The lowest BCUT2D eigenvalue weighted by Gasteiger charge is -2.28. The van der Waals surface area contributed by atoms with E-state index in [9.17, 15) is 13.2 Å². The van der Waals surface area contributed by atoms with E-state index >= 15 is 4.39 Å². The summed E-state index contributed by atoms with van der Waals surface area (Å²) in [6.07, 6.45) is 6.07. The maximum atomic E-state index is 15.2. The molecule has 0 bridgehead atoms. The molecular formula is C30H35ClFN5O5S. The van der Waals surface area contributed by atoms with Crippen LogP contribution in [0, 0.1) is 11.7 Å². The fourth-order valence-corrected chi connectivity index (χ4v) is 6.50. The van der Waals surface area contributed by atoms with Gasteiger partial charge in [-0.3, -0.25) is 4.79 Å². The Morgan fingerprint density at radius 1 is 1.16 bits per heavy atom. The SMILES string of the molecule is COc1cc(C(=O)NC2CCC(C)CC2)c(F)cc1Nc1ncc(Cl)c(O[C@@H]2Cc3ccccc3[C@H]2N(C)S(C)(=O)=O)n1. The number of nitrogens with one attached hydrogen (secondary N) is 2. The number of benzene rings is 2. The van der Waals surface area contributed by atoms with E-state index in [2.05, 4.69) is 27.5 Å². The molecule has 2 N–H and O–H groups in total. The van der Waals surface area contributed by atoms with Crippen LogP contribution in [0.2, 0.25) is 5.02 Å². The van der Waals surface area contributed by atoms with Crippen molar-refractivity contribution in [2.75, 3.05) is 25.7 Å². The number of carbonyl (C=O) groups excluding carboxylic acids is 1. The van der Waals surface area contributed by atoms with Gasteiger partial charge in [0.1, 0.15) is 22.7 Å². The van der Waals surface area contributed by atoms with Gasteiger partial charge in [-0.05, 0) is 48.8 Å². The summed E-state index contributed by atoms with van der Waals surface area (Å²) in [6.45, 7) is 2.19. The van der Waals surface area contributed by atoms with Crippen LogP contribution in [0.3, 0.4) is 0 Å². The molecule has 0 spiro atoms. The van der Waals surface area contributed by atoms with Gasteiger partial charge in [0.2, 0.25) is 21.9 Å². The van der Waals surface area contributed by atoms with E-state index in [4.69, 9.17) is 21.1 Å². The predicted molar refractivity (Wildman–Crippen MR) is 162 cm³/mol. The Bertz CT molecular complexity index is 1620. The quantitative estimate of drug-likeness (QED) is 0.328. The predicted octanol–water partition coefficient (Wildman–Crippen LogP) is 5.27. The minimum atomic E-state index is -3.55. The number of ether oxygens (including phenoxy) is 2. The molecule has 1 amide bonds. The minimum Gasteiger partial charge on any atom is -0.495 e. The van der Waals surface area contributed by atoms with Crippen molar-refractivity contribution in [3.63, 3.8) is 0 Å². The van der Waals surface area contributed by atoms with E-state index in [0.717, 1.165) is 49.1 Å². The lowest BCUT2D eigenvalue weighted by Crippen LogP contribution is -2.38. The Labute approximate surface area is 256 Å². The molecule has 1 fully saturated rings. The van der Waals surface area contributed by atoms with Crippen LogP contribution in [0.5, 0.6) is 11.6 Å². The molecule has 13 heteroatoms. The van der Waals surface area contributed by atoms with Gasteiger partial charge in [0.05, 0.1) is 36.9 Å². The first-order valence-electron chi connectivity index (χ1n) is 14.1. The monoisotopic (exact) mass is 631 g/mol. The first-order valence-corrected chi connectivity index (χ1v) is 16.3. The van der Waals surface area contributed by atoms with Crippen molar-refractivity contribution in [3.05, 3.63) is 70.1 Å². The van der Waals surface area contributed by atoms with Crippen LogP contribution in [-0.4, -0.2) is 61.2 Å². The van der Waals surface area contributed by atoms with E-state index in [1.165, 1.54) is 30.7 Å². The third-order valence-corrected chi connectivity index (χ3v) is 9.70. The Kier molecular flexibility index (Phi) is 9.10. The Morgan fingerprint density at radius 3 is 2.58 bits per heavy atom. The number of carbonyl (C=O) groups is 1. The molecule has 0 saturated heterocycles. The van der Waals surface area contributed by atoms with Gasteiger partial charge in [-0.1, -0.05) is 42.8 Å². The zero-order valence-corrected chi connectivity index (χ0v) is 26.0. The summed E-state index contributed by atoms with van der Waals surface area (Å²) in [5.41, 5.74) is 1.87. The number of fused-ring (bicyclic) bond motifs is 1. The van der Waals surface area contributed by atoms with Crippen LogP contribution in [0.15, 0.2) is 42.6 Å². The number of halogens is 2. The first kappa shape index (κ1) is 31.0. The molecule has 2 atom stereocenters. The third kappa shape index (κ3) is 6.86. The van der Waals surface area contributed by atoms with E-state index in [0.29, 0.717) is 12.3 Å². The van der Waals surface area contributed by atoms with Gasteiger partial charge in [0, 0.05) is 25.6 Å². The van der Waals surface area contributed by atoms with Gasteiger partial charge >= 0.3 is 0 Å². The fraction of sp³-hybridized carbons (Fsp3) is 0.433. The van der Waals surface area contributed by atoms with Crippen molar-refractivity contribution in [1.82, 2.24) is 19.6 Å². The number of hydrogen-bond donors (Lipinski definition) is 2. The maximum Gasteiger partial charge on any atom is 0.254 e. The number of rotatable bonds is 9.